The fourth-order valence-electron chi connectivity index (χ4n) is 3.50. The Labute approximate surface area is 186 Å². The van der Waals surface area contributed by atoms with Crippen LogP contribution in [0.3, 0.4) is 0 Å². The quantitative estimate of drug-likeness (QED) is 0.628. The van der Waals surface area contributed by atoms with Gasteiger partial charge in [-0.25, -0.2) is 9.67 Å². The van der Waals surface area contributed by atoms with Gasteiger partial charge in [-0.3, -0.25) is 24.5 Å². The molecule has 12 heteroatoms. The number of nitrogens with one attached hydrogen (secondary N) is 1. The number of hydrogen-bond donors (Lipinski definition) is 1. The molecule has 2 amide bonds. The van der Waals surface area contributed by atoms with E-state index in [9.17, 15) is 22.8 Å². The Kier molecular flexibility index (Phi) is 6.07. The lowest BCUT2D eigenvalue weighted by atomic mass is 10.1. The Morgan fingerprint density at radius 1 is 1.06 bits per heavy atom. The van der Waals surface area contributed by atoms with Gasteiger partial charge in [0.2, 0.25) is 11.8 Å². The lowest BCUT2D eigenvalue weighted by Crippen LogP contribution is -2.37. The Morgan fingerprint density at radius 3 is 2.61 bits per heavy atom. The average Bonchev–Trinajstić information content (AvgIpc) is 3.17. The van der Waals surface area contributed by atoms with Crippen LogP contribution in [0, 0.1) is 6.92 Å². The maximum atomic E-state index is 12.9. The van der Waals surface area contributed by atoms with Crippen LogP contribution in [0.15, 0.2) is 36.9 Å². The topological polar surface area (TPSA) is 106 Å². The summed E-state index contributed by atoms with van der Waals surface area (Å²) in [5, 5.41) is 6.89. The van der Waals surface area contributed by atoms with Crippen molar-refractivity contribution in [1.82, 2.24) is 24.7 Å². The van der Waals surface area contributed by atoms with Gasteiger partial charge in [-0.2, -0.15) is 18.3 Å². The van der Waals surface area contributed by atoms with Crippen LogP contribution in [0.1, 0.15) is 30.5 Å². The zero-order valence-electron chi connectivity index (χ0n) is 17.6. The highest BCUT2D eigenvalue weighted by atomic mass is 19.4. The molecule has 4 heterocycles. The third kappa shape index (κ3) is 5.16. The summed E-state index contributed by atoms with van der Waals surface area (Å²) in [5.74, 6) is 0.259. The number of fused-ring (bicyclic) bond motifs is 1. The van der Waals surface area contributed by atoms with E-state index in [1.54, 1.807) is 9.58 Å². The molecular formula is C21H20F3N7O2. The molecule has 4 rings (SSSR count). The summed E-state index contributed by atoms with van der Waals surface area (Å²) in [5.41, 5.74) is 0.261. The van der Waals surface area contributed by atoms with E-state index in [0.29, 0.717) is 6.54 Å². The Bertz CT molecular complexity index is 1180. The highest BCUT2D eigenvalue weighted by Crippen LogP contribution is 2.31. The lowest BCUT2D eigenvalue weighted by Gasteiger charge is -2.27. The molecule has 1 aliphatic heterocycles. The van der Waals surface area contributed by atoms with E-state index in [1.165, 1.54) is 18.6 Å². The van der Waals surface area contributed by atoms with Crippen molar-refractivity contribution in [2.75, 3.05) is 16.8 Å². The Hall–Kier alpha value is -3.83. The normalized spacial score (nSPS) is 13.5. The summed E-state index contributed by atoms with van der Waals surface area (Å²) >= 11 is 0. The van der Waals surface area contributed by atoms with Gasteiger partial charge in [-0.05, 0) is 19.4 Å². The van der Waals surface area contributed by atoms with Crippen molar-refractivity contribution in [1.29, 1.82) is 0 Å². The van der Waals surface area contributed by atoms with E-state index in [0.717, 1.165) is 36.7 Å². The third-order valence-corrected chi connectivity index (χ3v) is 5.06. The first kappa shape index (κ1) is 22.4. The molecule has 0 atom stereocenters. The van der Waals surface area contributed by atoms with E-state index >= 15 is 0 Å². The first-order chi connectivity index (χ1) is 15.7. The Balaban J connectivity index is 1.34. The summed E-state index contributed by atoms with van der Waals surface area (Å²) in [7, 11) is 0. The predicted octanol–water partition coefficient (Wildman–Crippen LogP) is 3.22. The molecule has 0 radical (unpaired) electrons. The summed E-state index contributed by atoms with van der Waals surface area (Å²) in [6, 6.07) is 2.77. The van der Waals surface area contributed by atoms with Gasteiger partial charge in [0.1, 0.15) is 5.82 Å². The highest BCUT2D eigenvalue weighted by Gasteiger charge is 2.31. The zero-order valence-corrected chi connectivity index (χ0v) is 17.6. The number of aromatic nitrogens is 5. The second kappa shape index (κ2) is 8.96. The van der Waals surface area contributed by atoms with Crippen molar-refractivity contribution in [3.05, 3.63) is 48.2 Å². The molecule has 0 aromatic carbocycles. The summed E-state index contributed by atoms with van der Waals surface area (Å²) in [6.45, 7) is 3.18. The minimum absolute atomic E-state index is 0.0114. The van der Waals surface area contributed by atoms with Crippen molar-refractivity contribution in [2.45, 2.75) is 38.9 Å². The van der Waals surface area contributed by atoms with Crippen LogP contribution in [0.5, 0.6) is 0 Å². The van der Waals surface area contributed by atoms with Crippen molar-refractivity contribution in [2.24, 2.45) is 0 Å². The van der Waals surface area contributed by atoms with E-state index < -0.39 is 17.6 Å². The molecule has 9 nitrogen and oxygen atoms in total. The first-order valence-electron chi connectivity index (χ1n) is 10.2. The molecular weight excluding hydrogens is 439 g/mol. The number of carbonyl (C=O) groups excluding carboxylic acids is 2. The van der Waals surface area contributed by atoms with E-state index in [-0.39, 0.29) is 35.8 Å². The third-order valence-electron chi connectivity index (χ3n) is 5.06. The van der Waals surface area contributed by atoms with Gasteiger partial charge in [-0.1, -0.05) is 0 Å². The molecule has 0 bridgehead atoms. The number of alkyl halides is 3. The average molecular weight is 459 g/mol. The molecule has 0 unspecified atom stereocenters. The van der Waals surface area contributed by atoms with Crippen LogP contribution in [-0.4, -0.2) is 43.1 Å². The molecule has 3 aromatic heterocycles. The van der Waals surface area contributed by atoms with Crippen molar-refractivity contribution in [3.63, 3.8) is 0 Å². The van der Waals surface area contributed by atoms with Crippen molar-refractivity contribution < 1.29 is 22.8 Å². The molecule has 1 aliphatic rings. The second-order valence-corrected chi connectivity index (χ2v) is 7.56. The number of rotatable bonds is 5. The van der Waals surface area contributed by atoms with Gasteiger partial charge in [0.15, 0.2) is 5.82 Å². The maximum absolute atomic E-state index is 12.9. The summed E-state index contributed by atoms with van der Waals surface area (Å²) in [6.07, 6.45) is 0.685. The SMILES string of the molecule is Cc1cc2n(n1)CCCN2C(=O)CCC(=O)Nc1cnc(-c2cncc(C(F)(F)F)c2)cn1. The van der Waals surface area contributed by atoms with E-state index in [1.807, 2.05) is 13.0 Å². The lowest BCUT2D eigenvalue weighted by molar-refractivity contribution is -0.137. The Morgan fingerprint density at radius 2 is 1.88 bits per heavy atom. The molecule has 0 fully saturated rings. The molecule has 3 aromatic rings. The number of nitrogens with zero attached hydrogens (tertiary/aromatic N) is 6. The van der Waals surface area contributed by atoms with Crippen LogP contribution < -0.4 is 10.2 Å². The van der Waals surface area contributed by atoms with Gasteiger partial charge >= 0.3 is 6.18 Å². The van der Waals surface area contributed by atoms with Gasteiger partial charge in [0, 0.05) is 50.0 Å². The summed E-state index contributed by atoms with van der Waals surface area (Å²) in [4.78, 5) is 38.2. The largest absolute Gasteiger partial charge is 0.417 e. The molecule has 0 saturated heterocycles. The fourth-order valence-corrected chi connectivity index (χ4v) is 3.50. The van der Waals surface area contributed by atoms with Crippen LogP contribution in [0.4, 0.5) is 24.8 Å². The van der Waals surface area contributed by atoms with Crippen LogP contribution >= 0.6 is 0 Å². The van der Waals surface area contributed by atoms with Crippen molar-refractivity contribution in [3.8, 4) is 11.3 Å². The van der Waals surface area contributed by atoms with Crippen LogP contribution in [-0.2, 0) is 22.3 Å². The minimum Gasteiger partial charge on any atom is -0.309 e. The molecule has 172 valence electrons. The molecule has 0 aliphatic carbocycles. The smallest absolute Gasteiger partial charge is 0.309 e. The zero-order chi connectivity index (χ0) is 23.6. The number of carbonyl (C=O) groups is 2. The van der Waals surface area contributed by atoms with E-state index in [4.69, 9.17) is 0 Å². The number of hydrogen-bond acceptors (Lipinski definition) is 6. The van der Waals surface area contributed by atoms with Crippen LogP contribution in [0.2, 0.25) is 0 Å². The molecule has 0 saturated carbocycles. The standard InChI is InChI=1S/C21H20F3N7O2/c1-13-7-19-30(5-2-6-31(19)29-13)20(33)4-3-18(32)28-17-12-26-16(11-27-17)14-8-15(10-25-9-14)21(22,23)24/h7-12H,2-6H2,1H3,(H,27,28,32). The molecule has 0 spiro atoms. The number of anilines is 2. The van der Waals surface area contributed by atoms with Gasteiger partial charge in [-0.15, -0.1) is 0 Å². The maximum Gasteiger partial charge on any atom is 0.417 e. The molecule has 33 heavy (non-hydrogen) atoms. The van der Waals surface area contributed by atoms with Gasteiger partial charge in [0.05, 0.1) is 29.3 Å². The van der Waals surface area contributed by atoms with Crippen molar-refractivity contribution >= 4 is 23.5 Å². The number of amides is 2. The summed E-state index contributed by atoms with van der Waals surface area (Å²) < 4.78 is 40.4. The number of pyridine rings is 1. The van der Waals surface area contributed by atoms with Gasteiger partial charge in [0.25, 0.3) is 0 Å². The highest BCUT2D eigenvalue weighted by molar-refractivity contribution is 5.97. The predicted molar refractivity (Wildman–Crippen MR) is 112 cm³/mol. The van der Waals surface area contributed by atoms with Gasteiger partial charge < -0.3 is 5.32 Å². The van der Waals surface area contributed by atoms with Crippen LogP contribution in [0.25, 0.3) is 11.3 Å². The minimum atomic E-state index is -4.52. The first-order valence-corrected chi connectivity index (χ1v) is 10.2. The molecule has 1 N–H and O–H groups in total. The second-order valence-electron chi connectivity index (χ2n) is 7.56. The monoisotopic (exact) mass is 459 g/mol. The number of halogens is 3. The fraction of sp³-hybridized carbons (Fsp3) is 0.333. The number of aryl methyl sites for hydroxylation is 2. The van der Waals surface area contributed by atoms with E-state index in [2.05, 4.69) is 25.4 Å².